The molecule has 0 saturated heterocycles. The summed E-state index contributed by atoms with van der Waals surface area (Å²) in [5.41, 5.74) is 0.834. The largest absolute Gasteiger partial charge is 0.395 e. The zero-order valence-electron chi connectivity index (χ0n) is 9.01. The van der Waals surface area contributed by atoms with Crippen LogP contribution < -0.4 is 5.32 Å². The van der Waals surface area contributed by atoms with Crippen molar-refractivity contribution in [2.45, 2.75) is 25.9 Å². The summed E-state index contributed by atoms with van der Waals surface area (Å²) in [5.74, 6) is 0. The van der Waals surface area contributed by atoms with Crippen LogP contribution in [0.4, 0.5) is 0 Å². The van der Waals surface area contributed by atoms with E-state index in [0.717, 1.165) is 5.69 Å². The normalized spacial score (nSPS) is 12.7. The molecule has 5 nitrogen and oxygen atoms in total. The van der Waals surface area contributed by atoms with Crippen molar-refractivity contribution in [3.05, 3.63) is 18.2 Å². The third-order valence-electron chi connectivity index (χ3n) is 2.14. The average Bonchev–Trinajstić information content (AvgIpc) is 2.68. The van der Waals surface area contributed by atoms with Crippen LogP contribution in [-0.4, -0.2) is 27.8 Å². The van der Waals surface area contributed by atoms with Crippen molar-refractivity contribution in [3.8, 4) is 6.07 Å². The van der Waals surface area contributed by atoms with E-state index in [1.807, 2.05) is 18.4 Å². The number of aromatic nitrogens is 2. The second-order valence-electron chi connectivity index (χ2n) is 3.56. The molecule has 1 rings (SSSR count). The summed E-state index contributed by atoms with van der Waals surface area (Å²) in [5, 5.41) is 20.6. The lowest BCUT2D eigenvalue weighted by molar-refractivity contribution is 0.288. The maximum atomic E-state index is 9.00. The maximum absolute atomic E-state index is 9.00. The van der Waals surface area contributed by atoms with Gasteiger partial charge in [0.25, 0.3) is 0 Å². The molecular weight excluding hydrogens is 192 g/mol. The van der Waals surface area contributed by atoms with Gasteiger partial charge in [0.05, 0.1) is 30.9 Å². The molecule has 1 unspecified atom stereocenters. The fourth-order valence-corrected chi connectivity index (χ4v) is 1.40. The number of rotatable bonds is 5. The summed E-state index contributed by atoms with van der Waals surface area (Å²) < 4.78 is 1.94. The molecule has 0 aliphatic carbocycles. The van der Waals surface area contributed by atoms with Gasteiger partial charge in [0.1, 0.15) is 6.04 Å². The highest BCUT2D eigenvalue weighted by Crippen LogP contribution is 2.16. The zero-order valence-corrected chi connectivity index (χ0v) is 9.01. The third kappa shape index (κ3) is 2.78. The molecule has 15 heavy (non-hydrogen) atoms. The van der Waals surface area contributed by atoms with Gasteiger partial charge in [-0.15, -0.1) is 0 Å². The molecule has 0 spiro atoms. The van der Waals surface area contributed by atoms with Crippen LogP contribution in [0.1, 0.15) is 31.6 Å². The van der Waals surface area contributed by atoms with Crippen LogP contribution >= 0.6 is 0 Å². The van der Waals surface area contributed by atoms with Gasteiger partial charge in [-0.3, -0.25) is 5.32 Å². The Balaban J connectivity index is 2.83. The van der Waals surface area contributed by atoms with Gasteiger partial charge in [0, 0.05) is 12.6 Å². The first-order chi connectivity index (χ1) is 7.20. The zero-order chi connectivity index (χ0) is 11.3. The minimum Gasteiger partial charge on any atom is -0.395 e. The summed E-state index contributed by atoms with van der Waals surface area (Å²) in [7, 11) is 0. The van der Waals surface area contributed by atoms with E-state index in [1.54, 1.807) is 12.5 Å². The number of nitriles is 1. The Hall–Kier alpha value is -1.38. The highest BCUT2D eigenvalue weighted by Gasteiger charge is 2.15. The highest BCUT2D eigenvalue weighted by atomic mass is 16.3. The van der Waals surface area contributed by atoms with Crippen molar-refractivity contribution in [1.29, 1.82) is 5.26 Å². The van der Waals surface area contributed by atoms with E-state index in [0.29, 0.717) is 6.54 Å². The van der Waals surface area contributed by atoms with Crippen molar-refractivity contribution < 1.29 is 5.11 Å². The Morgan fingerprint density at radius 1 is 1.67 bits per heavy atom. The molecule has 0 radical (unpaired) electrons. The number of hydrogen-bond donors (Lipinski definition) is 2. The summed E-state index contributed by atoms with van der Waals surface area (Å²) in [6, 6.07) is 2.01. The lowest BCUT2D eigenvalue weighted by atomic mass is 10.2. The van der Waals surface area contributed by atoms with E-state index in [9.17, 15) is 0 Å². The van der Waals surface area contributed by atoms with Crippen molar-refractivity contribution >= 4 is 0 Å². The van der Waals surface area contributed by atoms with Gasteiger partial charge in [0.15, 0.2) is 0 Å². The van der Waals surface area contributed by atoms with Gasteiger partial charge in [-0.2, -0.15) is 5.26 Å². The fraction of sp³-hybridized carbons (Fsp3) is 0.600. The fourth-order valence-electron chi connectivity index (χ4n) is 1.40. The molecule has 82 valence electrons. The first-order valence-corrected chi connectivity index (χ1v) is 4.96. The summed E-state index contributed by atoms with van der Waals surface area (Å²) in [6.45, 7) is 4.49. The molecular formula is C10H16N4O. The number of hydrogen-bond acceptors (Lipinski definition) is 4. The molecule has 0 aliphatic heterocycles. The Bertz CT molecular complexity index is 339. The van der Waals surface area contributed by atoms with Gasteiger partial charge in [0.2, 0.25) is 0 Å². The smallest absolute Gasteiger partial charge is 0.138 e. The van der Waals surface area contributed by atoms with Crippen LogP contribution in [0.25, 0.3) is 0 Å². The molecule has 0 amide bonds. The first kappa shape index (κ1) is 11.7. The third-order valence-corrected chi connectivity index (χ3v) is 2.14. The SMILES string of the molecule is CC(C)n1cncc1C(C#N)NCCO. The molecule has 0 fully saturated rings. The molecule has 2 N–H and O–H groups in total. The van der Waals surface area contributed by atoms with Gasteiger partial charge >= 0.3 is 0 Å². The molecule has 5 heteroatoms. The van der Waals surface area contributed by atoms with Gasteiger partial charge in [-0.05, 0) is 13.8 Å². The summed E-state index contributed by atoms with van der Waals surface area (Å²) in [4.78, 5) is 4.03. The lowest BCUT2D eigenvalue weighted by Crippen LogP contribution is -2.25. The number of nitrogens with zero attached hydrogens (tertiary/aromatic N) is 3. The van der Waals surface area contributed by atoms with Crippen LogP contribution in [0.3, 0.4) is 0 Å². The highest BCUT2D eigenvalue weighted by molar-refractivity contribution is 5.14. The van der Waals surface area contributed by atoms with E-state index in [4.69, 9.17) is 10.4 Å². The van der Waals surface area contributed by atoms with E-state index in [1.165, 1.54) is 0 Å². The Morgan fingerprint density at radius 2 is 2.40 bits per heavy atom. The maximum Gasteiger partial charge on any atom is 0.138 e. The van der Waals surface area contributed by atoms with Crippen LogP contribution in [0, 0.1) is 11.3 Å². The summed E-state index contributed by atoms with van der Waals surface area (Å²) in [6.07, 6.45) is 3.39. The Labute approximate surface area is 89.4 Å². The predicted octanol–water partition coefficient (Wildman–Crippen LogP) is 0.611. The first-order valence-electron chi connectivity index (χ1n) is 4.96. The van der Waals surface area contributed by atoms with Gasteiger partial charge < -0.3 is 9.67 Å². The second kappa shape index (κ2) is 5.49. The average molecular weight is 208 g/mol. The molecule has 0 aliphatic rings. The van der Waals surface area contributed by atoms with Crippen LogP contribution in [0.2, 0.25) is 0 Å². The molecule has 1 heterocycles. The van der Waals surface area contributed by atoms with Crippen molar-refractivity contribution in [2.24, 2.45) is 0 Å². The van der Waals surface area contributed by atoms with Crippen molar-refractivity contribution in [1.82, 2.24) is 14.9 Å². The van der Waals surface area contributed by atoms with Crippen molar-refractivity contribution in [3.63, 3.8) is 0 Å². The predicted molar refractivity (Wildman–Crippen MR) is 56.1 cm³/mol. The van der Waals surface area contributed by atoms with Crippen molar-refractivity contribution in [2.75, 3.05) is 13.2 Å². The minimum absolute atomic E-state index is 0.0218. The van der Waals surface area contributed by atoms with Crippen LogP contribution in [0.15, 0.2) is 12.5 Å². The number of aliphatic hydroxyl groups excluding tert-OH is 1. The van der Waals surface area contributed by atoms with E-state index >= 15 is 0 Å². The molecule has 1 atom stereocenters. The van der Waals surface area contributed by atoms with Gasteiger partial charge in [-0.1, -0.05) is 0 Å². The molecule has 0 aromatic carbocycles. The van der Waals surface area contributed by atoms with Gasteiger partial charge in [-0.25, -0.2) is 4.98 Å². The number of nitrogens with one attached hydrogen (secondary N) is 1. The Kier molecular flexibility index (Phi) is 4.28. The lowest BCUT2D eigenvalue weighted by Gasteiger charge is -2.16. The summed E-state index contributed by atoms with van der Waals surface area (Å²) >= 11 is 0. The number of aliphatic hydroxyl groups is 1. The molecule has 1 aromatic heterocycles. The molecule has 0 saturated carbocycles. The van der Waals surface area contributed by atoms with E-state index in [2.05, 4.69) is 16.4 Å². The Morgan fingerprint density at radius 3 is 2.93 bits per heavy atom. The quantitative estimate of drug-likeness (QED) is 0.743. The van der Waals surface area contributed by atoms with E-state index < -0.39 is 6.04 Å². The topological polar surface area (TPSA) is 73.9 Å². The standard InChI is InChI=1S/C10H16N4O/c1-8(2)14-7-12-6-10(14)9(5-11)13-3-4-15/h6-9,13,15H,3-4H2,1-2H3. The van der Waals surface area contributed by atoms with E-state index in [-0.39, 0.29) is 12.6 Å². The molecule has 1 aromatic rings. The monoisotopic (exact) mass is 208 g/mol. The van der Waals surface area contributed by atoms with Crippen LogP contribution in [0.5, 0.6) is 0 Å². The van der Waals surface area contributed by atoms with Crippen LogP contribution in [-0.2, 0) is 0 Å². The molecule has 0 bridgehead atoms. The number of imidazole rings is 1. The minimum atomic E-state index is -0.415. The second-order valence-corrected chi connectivity index (χ2v) is 3.56.